The van der Waals surface area contributed by atoms with Gasteiger partial charge in [-0.15, -0.1) is 11.8 Å². The van der Waals surface area contributed by atoms with Gasteiger partial charge in [0.1, 0.15) is 6.17 Å². The van der Waals surface area contributed by atoms with Crippen molar-refractivity contribution in [2.45, 2.75) is 41.8 Å². The molecule has 1 amide bonds. The van der Waals surface area contributed by atoms with Crippen molar-refractivity contribution in [3.8, 4) is 5.75 Å². The van der Waals surface area contributed by atoms with Gasteiger partial charge in [0.15, 0.2) is 23.1 Å². The Morgan fingerprint density at radius 3 is 2.69 bits per heavy atom. The first kappa shape index (κ1) is 23.1. The summed E-state index contributed by atoms with van der Waals surface area (Å²) in [6.45, 7) is 0.356. The normalized spacial score (nSPS) is 22.9. The number of hydrogen-bond acceptors (Lipinski definition) is 6. The molecule has 1 fully saturated rings. The van der Waals surface area contributed by atoms with Crippen LogP contribution in [0.5, 0.6) is 5.75 Å². The minimum Gasteiger partial charge on any atom is -0.502 e. The fourth-order valence-corrected chi connectivity index (χ4v) is 6.66. The van der Waals surface area contributed by atoms with Crippen LogP contribution < -0.4 is 10.4 Å². The molecule has 0 unspecified atom stereocenters. The minimum atomic E-state index is -0.923. The predicted octanol–water partition coefficient (Wildman–Crippen LogP) is 3.76. The molecule has 4 heterocycles. The topological polar surface area (TPSA) is 75.0 Å². The van der Waals surface area contributed by atoms with Gasteiger partial charge in [-0.2, -0.15) is 0 Å². The van der Waals surface area contributed by atoms with Crippen molar-refractivity contribution in [1.82, 2.24) is 9.58 Å². The number of amides is 1. The van der Waals surface area contributed by atoms with E-state index < -0.39 is 40.9 Å². The average Bonchev–Trinajstić information content (AvgIpc) is 3.05. The van der Waals surface area contributed by atoms with E-state index in [1.807, 2.05) is 29.3 Å². The molecule has 1 N–H and O–H groups in total. The zero-order valence-corrected chi connectivity index (χ0v) is 20.2. The second-order valence-corrected chi connectivity index (χ2v) is 10.1. The smallest absolute Gasteiger partial charge is 0.278 e. The number of pyridine rings is 1. The number of benzene rings is 2. The van der Waals surface area contributed by atoms with Crippen molar-refractivity contribution in [3.63, 3.8) is 0 Å². The van der Waals surface area contributed by atoms with Gasteiger partial charge >= 0.3 is 0 Å². The molecule has 3 atom stereocenters. The quantitative estimate of drug-likeness (QED) is 0.565. The third-order valence-corrected chi connectivity index (χ3v) is 8.42. The monoisotopic (exact) mass is 511 g/mol. The standard InChI is InChI=1S/C26H23F2N3O4S/c1-35-14-8-10-29-21(12-14)31(30-11-9-19(32)25(33)24(30)26(29)34)23-15-6-7-18(27)22(28)17(15)13-36-20-5-3-2-4-16(20)23/h2-7,9,11,14,21,23,33H,8,10,12-13H2,1H3/t14-,21-,23+/m1/s1. The number of fused-ring (bicyclic) bond motifs is 4. The van der Waals surface area contributed by atoms with Crippen molar-refractivity contribution in [2.24, 2.45) is 0 Å². The molecule has 1 saturated heterocycles. The SMILES string of the molecule is CO[C@@H]1CCN2C(=O)c3c(O)c(=O)ccn3N([C@@H]3c4ccccc4SCc4c3ccc(F)c4F)[C@@H]2C1. The lowest BCUT2D eigenvalue weighted by molar-refractivity contribution is -0.00299. The number of ether oxygens (including phenoxy) is 1. The molecule has 36 heavy (non-hydrogen) atoms. The average molecular weight is 512 g/mol. The number of piperidine rings is 1. The number of aromatic hydroxyl groups is 1. The molecule has 0 aliphatic carbocycles. The van der Waals surface area contributed by atoms with Gasteiger partial charge in [0, 0.05) is 48.6 Å². The molecule has 3 aliphatic rings. The number of thioether (sulfide) groups is 1. The molecule has 3 aromatic rings. The molecule has 0 spiro atoms. The molecular weight excluding hydrogens is 488 g/mol. The lowest BCUT2D eigenvalue weighted by Gasteiger charge is -2.52. The van der Waals surface area contributed by atoms with Gasteiger partial charge in [0.25, 0.3) is 5.91 Å². The highest BCUT2D eigenvalue weighted by Gasteiger charge is 2.47. The Morgan fingerprint density at radius 2 is 1.89 bits per heavy atom. The molecule has 0 bridgehead atoms. The molecule has 7 nitrogen and oxygen atoms in total. The summed E-state index contributed by atoms with van der Waals surface area (Å²) in [7, 11) is 1.62. The maximum Gasteiger partial charge on any atom is 0.278 e. The van der Waals surface area contributed by atoms with Gasteiger partial charge in [0.2, 0.25) is 5.43 Å². The Bertz CT molecular complexity index is 1450. The molecule has 10 heteroatoms. The minimum absolute atomic E-state index is 0.129. The van der Waals surface area contributed by atoms with Gasteiger partial charge in [-0.1, -0.05) is 24.3 Å². The molecule has 2 aromatic carbocycles. The summed E-state index contributed by atoms with van der Waals surface area (Å²) in [5.41, 5.74) is 0.850. The summed E-state index contributed by atoms with van der Waals surface area (Å²) in [5.74, 6) is -2.68. The molecule has 0 radical (unpaired) electrons. The zero-order chi connectivity index (χ0) is 25.1. The first-order chi connectivity index (χ1) is 17.4. The van der Waals surface area contributed by atoms with Crippen LogP contribution in [0.1, 0.15) is 46.1 Å². The van der Waals surface area contributed by atoms with E-state index in [4.69, 9.17) is 4.74 Å². The van der Waals surface area contributed by atoms with Crippen LogP contribution in [0.4, 0.5) is 8.78 Å². The van der Waals surface area contributed by atoms with Crippen LogP contribution in [-0.2, 0) is 10.5 Å². The Kier molecular flexibility index (Phi) is 5.53. The van der Waals surface area contributed by atoms with E-state index in [-0.39, 0.29) is 23.1 Å². The Hall–Kier alpha value is -3.37. The van der Waals surface area contributed by atoms with E-state index in [2.05, 4.69) is 0 Å². The van der Waals surface area contributed by atoms with Crippen LogP contribution in [0.3, 0.4) is 0 Å². The maximum absolute atomic E-state index is 15.2. The van der Waals surface area contributed by atoms with Crippen molar-refractivity contribution in [3.05, 3.63) is 92.9 Å². The van der Waals surface area contributed by atoms with E-state index in [1.165, 1.54) is 28.7 Å². The van der Waals surface area contributed by atoms with Gasteiger partial charge < -0.3 is 14.7 Å². The van der Waals surface area contributed by atoms with Crippen molar-refractivity contribution in [1.29, 1.82) is 0 Å². The van der Waals surface area contributed by atoms with Crippen LogP contribution in [0, 0.1) is 11.6 Å². The number of rotatable bonds is 2. The van der Waals surface area contributed by atoms with Crippen LogP contribution in [0.25, 0.3) is 0 Å². The number of methoxy groups -OCH3 is 1. The number of halogens is 2. The van der Waals surface area contributed by atoms with E-state index >= 15 is 4.39 Å². The number of nitrogens with zero attached hydrogens (tertiary/aromatic N) is 3. The van der Waals surface area contributed by atoms with E-state index in [1.54, 1.807) is 18.1 Å². The summed E-state index contributed by atoms with van der Waals surface area (Å²) in [6, 6.07) is 10.9. The van der Waals surface area contributed by atoms with E-state index in [9.17, 15) is 19.1 Å². The molecule has 6 rings (SSSR count). The van der Waals surface area contributed by atoms with Gasteiger partial charge in [-0.25, -0.2) is 8.78 Å². The molecule has 3 aliphatic heterocycles. The summed E-state index contributed by atoms with van der Waals surface area (Å²) in [4.78, 5) is 28.4. The van der Waals surface area contributed by atoms with Crippen LogP contribution in [0.2, 0.25) is 0 Å². The van der Waals surface area contributed by atoms with E-state index in [0.717, 1.165) is 16.5 Å². The predicted molar refractivity (Wildman–Crippen MR) is 130 cm³/mol. The molecule has 0 saturated carbocycles. The van der Waals surface area contributed by atoms with E-state index in [0.29, 0.717) is 24.9 Å². The van der Waals surface area contributed by atoms with Gasteiger partial charge in [0.05, 0.1) is 12.1 Å². The highest BCUT2D eigenvalue weighted by Crippen LogP contribution is 2.46. The fourth-order valence-electron chi connectivity index (χ4n) is 5.55. The first-order valence-corrected chi connectivity index (χ1v) is 12.6. The number of hydrogen-bond donors (Lipinski definition) is 1. The van der Waals surface area contributed by atoms with Gasteiger partial charge in [-0.3, -0.25) is 19.3 Å². The van der Waals surface area contributed by atoms with Crippen LogP contribution in [0.15, 0.2) is 58.4 Å². The lowest BCUT2D eigenvalue weighted by atomic mass is 9.91. The highest BCUT2D eigenvalue weighted by atomic mass is 32.2. The van der Waals surface area contributed by atoms with Gasteiger partial charge in [-0.05, 0) is 29.7 Å². The Labute approximate surface area is 209 Å². The number of carbonyl (C=O) groups is 1. The summed E-state index contributed by atoms with van der Waals surface area (Å²) in [5, 5.41) is 12.6. The number of aromatic nitrogens is 1. The second kappa shape index (κ2) is 8.63. The van der Waals surface area contributed by atoms with Crippen molar-refractivity contribution < 1.29 is 23.4 Å². The zero-order valence-electron chi connectivity index (χ0n) is 19.4. The summed E-state index contributed by atoms with van der Waals surface area (Å²) in [6.07, 6.45) is 1.87. The maximum atomic E-state index is 15.2. The highest BCUT2D eigenvalue weighted by molar-refractivity contribution is 7.98. The largest absolute Gasteiger partial charge is 0.502 e. The summed E-state index contributed by atoms with van der Waals surface area (Å²) < 4.78 is 36.7. The van der Waals surface area contributed by atoms with Crippen LogP contribution in [-0.4, -0.2) is 46.5 Å². The Balaban J connectivity index is 1.66. The first-order valence-electron chi connectivity index (χ1n) is 11.7. The third-order valence-electron chi connectivity index (χ3n) is 7.31. The molecular formula is C26H23F2N3O4S. The fraction of sp³-hybridized carbons (Fsp3) is 0.308. The number of carbonyl (C=O) groups excluding carboxylic acids is 1. The summed E-state index contributed by atoms with van der Waals surface area (Å²) >= 11 is 1.42. The van der Waals surface area contributed by atoms with Crippen molar-refractivity contribution >= 4 is 17.7 Å². The Morgan fingerprint density at radius 1 is 1.08 bits per heavy atom. The van der Waals surface area contributed by atoms with Crippen LogP contribution >= 0.6 is 11.8 Å². The lowest BCUT2D eigenvalue weighted by Crippen LogP contribution is -2.65. The second-order valence-electron chi connectivity index (χ2n) is 9.12. The van der Waals surface area contributed by atoms with Crippen molar-refractivity contribution in [2.75, 3.05) is 18.7 Å². The molecule has 186 valence electrons. The third kappa shape index (κ3) is 3.35. The molecule has 1 aromatic heterocycles.